The van der Waals surface area contributed by atoms with Crippen LogP contribution in [-0.4, -0.2) is 11.1 Å². The third-order valence-corrected chi connectivity index (χ3v) is 2.87. The molecule has 16 heavy (non-hydrogen) atoms. The minimum atomic E-state index is -0.714. The standard InChI is InChI=1S/C14H20O2/c1-10-6-5-7-11(8-10)9-12(13(15)16)14(2,3)4/h5-8,12H,9H2,1-4H3,(H,15,16). The smallest absolute Gasteiger partial charge is 0.307 e. The number of carbonyl (C=O) groups is 1. The predicted octanol–water partition coefficient (Wildman–Crippen LogP) is 3.28. The maximum Gasteiger partial charge on any atom is 0.307 e. The number of aryl methyl sites for hydroxylation is 1. The van der Waals surface area contributed by atoms with Crippen molar-refractivity contribution in [3.63, 3.8) is 0 Å². The molecule has 2 nitrogen and oxygen atoms in total. The van der Waals surface area contributed by atoms with Crippen molar-refractivity contribution >= 4 is 5.97 Å². The van der Waals surface area contributed by atoms with Gasteiger partial charge in [0.05, 0.1) is 5.92 Å². The lowest BCUT2D eigenvalue weighted by molar-refractivity contribution is -0.145. The molecule has 88 valence electrons. The fourth-order valence-corrected chi connectivity index (χ4v) is 1.84. The highest BCUT2D eigenvalue weighted by Crippen LogP contribution is 2.29. The Balaban J connectivity index is 2.89. The summed E-state index contributed by atoms with van der Waals surface area (Å²) in [5, 5.41) is 9.24. The number of aliphatic carboxylic acids is 1. The van der Waals surface area contributed by atoms with Crippen LogP contribution in [0.4, 0.5) is 0 Å². The van der Waals surface area contributed by atoms with Crippen LogP contribution < -0.4 is 0 Å². The normalized spacial score (nSPS) is 13.5. The van der Waals surface area contributed by atoms with Crippen molar-refractivity contribution in [3.8, 4) is 0 Å². The van der Waals surface area contributed by atoms with E-state index in [0.717, 1.165) is 5.56 Å². The quantitative estimate of drug-likeness (QED) is 0.848. The zero-order valence-electron chi connectivity index (χ0n) is 10.4. The molecule has 1 N–H and O–H groups in total. The van der Waals surface area contributed by atoms with Gasteiger partial charge in [-0.25, -0.2) is 0 Å². The van der Waals surface area contributed by atoms with Gasteiger partial charge in [0.15, 0.2) is 0 Å². The van der Waals surface area contributed by atoms with Crippen LogP contribution in [0.25, 0.3) is 0 Å². The molecule has 1 rings (SSSR count). The van der Waals surface area contributed by atoms with Gasteiger partial charge in [0, 0.05) is 0 Å². The molecule has 0 amide bonds. The summed E-state index contributed by atoms with van der Waals surface area (Å²) in [5.41, 5.74) is 2.06. The zero-order chi connectivity index (χ0) is 12.3. The Kier molecular flexibility index (Phi) is 3.74. The number of rotatable bonds is 3. The van der Waals surface area contributed by atoms with Gasteiger partial charge in [-0.3, -0.25) is 4.79 Å². The fraction of sp³-hybridized carbons (Fsp3) is 0.500. The monoisotopic (exact) mass is 220 g/mol. The molecule has 0 fully saturated rings. The molecule has 1 unspecified atom stereocenters. The Morgan fingerprint density at radius 1 is 1.38 bits per heavy atom. The van der Waals surface area contributed by atoms with Gasteiger partial charge in [0.25, 0.3) is 0 Å². The summed E-state index contributed by atoms with van der Waals surface area (Å²) in [6.07, 6.45) is 0.598. The van der Waals surface area contributed by atoms with E-state index in [-0.39, 0.29) is 11.3 Å². The summed E-state index contributed by atoms with van der Waals surface area (Å²) in [6, 6.07) is 8.05. The van der Waals surface area contributed by atoms with Crippen molar-refractivity contribution in [1.29, 1.82) is 0 Å². The van der Waals surface area contributed by atoms with Crippen molar-refractivity contribution < 1.29 is 9.90 Å². The molecule has 0 bridgehead atoms. The van der Waals surface area contributed by atoms with Crippen molar-refractivity contribution in [2.24, 2.45) is 11.3 Å². The first kappa shape index (κ1) is 12.8. The van der Waals surface area contributed by atoms with Gasteiger partial charge >= 0.3 is 5.97 Å². The Morgan fingerprint density at radius 3 is 2.44 bits per heavy atom. The predicted molar refractivity (Wildman–Crippen MR) is 65.5 cm³/mol. The van der Waals surface area contributed by atoms with Crippen LogP contribution in [0.1, 0.15) is 31.9 Å². The minimum absolute atomic E-state index is 0.213. The molecular formula is C14H20O2. The molecule has 0 aliphatic rings. The van der Waals surface area contributed by atoms with Crippen LogP contribution in [0.15, 0.2) is 24.3 Å². The Labute approximate surface area is 97.3 Å². The summed E-state index contributed by atoms with van der Waals surface area (Å²) in [4.78, 5) is 11.2. The van der Waals surface area contributed by atoms with Gasteiger partial charge in [-0.1, -0.05) is 50.6 Å². The van der Waals surface area contributed by atoms with E-state index in [9.17, 15) is 9.90 Å². The highest BCUT2D eigenvalue weighted by Gasteiger charge is 2.31. The molecule has 0 aliphatic carbocycles. The lowest BCUT2D eigenvalue weighted by Gasteiger charge is -2.27. The van der Waals surface area contributed by atoms with E-state index in [1.165, 1.54) is 5.56 Å². The van der Waals surface area contributed by atoms with Gasteiger partial charge in [-0.15, -0.1) is 0 Å². The molecular weight excluding hydrogens is 200 g/mol. The topological polar surface area (TPSA) is 37.3 Å². The van der Waals surface area contributed by atoms with Crippen molar-refractivity contribution in [2.45, 2.75) is 34.1 Å². The highest BCUT2D eigenvalue weighted by atomic mass is 16.4. The van der Waals surface area contributed by atoms with E-state index >= 15 is 0 Å². The summed E-state index contributed by atoms with van der Waals surface area (Å²) in [6.45, 7) is 7.95. The average Bonchev–Trinajstić information content (AvgIpc) is 2.12. The van der Waals surface area contributed by atoms with E-state index in [4.69, 9.17) is 0 Å². The fourth-order valence-electron chi connectivity index (χ4n) is 1.84. The number of benzene rings is 1. The molecule has 0 saturated heterocycles. The average molecular weight is 220 g/mol. The van der Waals surface area contributed by atoms with Gasteiger partial charge in [-0.05, 0) is 24.3 Å². The molecule has 2 heteroatoms. The van der Waals surface area contributed by atoms with E-state index in [2.05, 4.69) is 6.07 Å². The lowest BCUT2D eigenvalue weighted by atomic mass is 9.77. The zero-order valence-corrected chi connectivity index (χ0v) is 10.4. The second-order valence-corrected chi connectivity index (χ2v) is 5.45. The number of carboxylic acids is 1. The van der Waals surface area contributed by atoms with Crippen LogP contribution in [0.3, 0.4) is 0 Å². The Morgan fingerprint density at radius 2 is 2.00 bits per heavy atom. The van der Waals surface area contributed by atoms with Gasteiger partial charge in [-0.2, -0.15) is 0 Å². The van der Waals surface area contributed by atoms with Gasteiger partial charge in [0.1, 0.15) is 0 Å². The molecule has 1 aromatic rings. The van der Waals surface area contributed by atoms with Gasteiger partial charge in [0.2, 0.25) is 0 Å². The first-order chi connectivity index (χ1) is 7.30. The molecule has 0 aliphatic heterocycles. The Bertz CT molecular complexity index is 375. The number of carboxylic acid groups (broad SMARTS) is 1. The summed E-state index contributed by atoms with van der Waals surface area (Å²) in [7, 11) is 0. The second kappa shape index (κ2) is 4.69. The highest BCUT2D eigenvalue weighted by molar-refractivity contribution is 5.71. The number of hydrogen-bond donors (Lipinski definition) is 1. The van der Waals surface area contributed by atoms with Crippen LogP contribution in [0, 0.1) is 18.3 Å². The minimum Gasteiger partial charge on any atom is -0.481 e. The molecule has 1 aromatic carbocycles. The van der Waals surface area contributed by atoms with Crippen molar-refractivity contribution in [2.75, 3.05) is 0 Å². The van der Waals surface area contributed by atoms with Crippen LogP contribution in [0.2, 0.25) is 0 Å². The first-order valence-electron chi connectivity index (χ1n) is 5.59. The summed E-state index contributed by atoms with van der Waals surface area (Å²) >= 11 is 0. The third-order valence-electron chi connectivity index (χ3n) is 2.87. The van der Waals surface area contributed by atoms with E-state index in [1.54, 1.807) is 0 Å². The summed E-state index contributed by atoms with van der Waals surface area (Å²) < 4.78 is 0. The maximum absolute atomic E-state index is 11.2. The Hall–Kier alpha value is -1.31. The van der Waals surface area contributed by atoms with Crippen molar-refractivity contribution in [3.05, 3.63) is 35.4 Å². The van der Waals surface area contributed by atoms with Gasteiger partial charge < -0.3 is 5.11 Å². The maximum atomic E-state index is 11.2. The molecule has 0 aromatic heterocycles. The summed E-state index contributed by atoms with van der Waals surface area (Å²) in [5.74, 6) is -1.05. The largest absolute Gasteiger partial charge is 0.481 e. The third kappa shape index (κ3) is 3.37. The molecule has 1 atom stereocenters. The molecule has 0 heterocycles. The molecule has 0 radical (unpaired) electrons. The molecule has 0 saturated carbocycles. The molecule has 0 spiro atoms. The number of hydrogen-bond acceptors (Lipinski definition) is 1. The van der Waals surface area contributed by atoms with Crippen LogP contribution >= 0.6 is 0 Å². The van der Waals surface area contributed by atoms with Crippen LogP contribution in [-0.2, 0) is 11.2 Å². The second-order valence-electron chi connectivity index (χ2n) is 5.45. The lowest BCUT2D eigenvalue weighted by Crippen LogP contribution is -2.30. The van der Waals surface area contributed by atoms with Crippen LogP contribution in [0.5, 0.6) is 0 Å². The first-order valence-corrected chi connectivity index (χ1v) is 5.59. The van der Waals surface area contributed by atoms with E-state index in [1.807, 2.05) is 45.9 Å². The van der Waals surface area contributed by atoms with E-state index < -0.39 is 5.97 Å². The van der Waals surface area contributed by atoms with Crippen molar-refractivity contribution in [1.82, 2.24) is 0 Å². The SMILES string of the molecule is Cc1cccc(CC(C(=O)O)C(C)(C)C)c1. The van der Waals surface area contributed by atoms with E-state index in [0.29, 0.717) is 6.42 Å².